The summed E-state index contributed by atoms with van der Waals surface area (Å²) in [5.74, 6) is -0.286. The van der Waals surface area contributed by atoms with Gasteiger partial charge in [-0.05, 0) is 13.1 Å². The molecule has 0 bridgehead atoms. The van der Waals surface area contributed by atoms with Crippen LogP contribution in [-0.4, -0.2) is 46.1 Å². The minimum atomic E-state index is -0.617. The van der Waals surface area contributed by atoms with Gasteiger partial charge < -0.3 is 9.84 Å². The molecule has 1 aromatic heterocycles. The Kier molecular flexibility index (Phi) is 6.06. The Hall–Kier alpha value is -1.76. The Labute approximate surface area is 129 Å². The largest absolute Gasteiger partial charge is 0.389 e. The Bertz CT molecular complexity index is 588. The number of aliphatic hydroxyl groups is 1. The average molecular weight is 307 g/mol. The number of ether oxygens (including phenoxy) is 1. The van der Waals surface area contributed by atoms with Crippen molar-refractivity contribution in [2.24, 2.45) is 7.05 Å². The number of benzene rings is 1. The summed E-state index contributed by atoms with van der Waals surface area (Å²) in [5, 5.41) is 14.1. The molecule has 0 amide bonds. The maximum absolute atomic E-state index is 13.4. The Morgan fingerprint density at radius 1 is 1.41 bits per heavy atom. The summed E-state index contributed by atoms with van der Waals surface area (Å²) in [4.78, 5) is 1.99. The van der Waals surface area contributed by atoms with Crippen LogP contribution in [0.5, 0.6) is 0 Å². The zero-order valence-electron chi connectivity index (χ0n) is 12.9. The average Bonchev–Trinajstić information content (AvgIpc) is 2.86. The second-order valence-corrected chi connectivity index (χ2v) is 5.48. The molecule has 1 aromatic carbocycles. The summed E-state index contributed by atoms with van der Waals surface area (Å²) in [6.07, 6.45) is 3.13. The molecule has 22 heavy (non-hydrogen) atoms. The summed E-state index contributed by atoms with van der Waals surface area (Å²) in [7, 11) is 3.79. The fourth-order valence-corrected chi connectivity index (χ4v) is 2.26. The van der Waals surface area contributed by atoms with Gasteiger partial charge in [0.1, 0.15) is 5.82 Å². The smallest absolute Gasteiger partial charge is 0.128 e. The number of hydrogen-bond donors (Lipinski definition) is 1. The highest BCUT2D eigenvalue weighted by atomic mass is 19.1. The van der Waals surface area contributed by atoms with Gasteiger partial charge in [-0.2, -0.15) is 5.10 Å². The van der Waals surface area contributed by atoms with E-state index in [1.807, 2.05) is 25.2 Å². The summed E-state index contributed by atoms with van der Waals surface area (Å²) in [6, 6.07) is 6.48. The number of aliphatic hydroxyl groups excluding tert-OH is 1. The van der Waals surface area contributed by atoms with Crippen molar-refractivity contribution in [1.29, 1.82) is 0 Å². The Morgan fingerprint density at radius 3 is 2.86 bits per heavy atom. The predicted octanol–water partition coefficient (Wildman–Crippen LogP) is 1.57. The van der Waals surface area contributed by atoms with E-state index in [-0.39, 0.29) is 19.0 Å². The van der Waals surface area contributed by atoms with Gasteiger partial charge >= 0.3 is 0 Å². The van der Waals surface area contributed by atoms with Crippen molar-refractivity contribution in [3.05, 3.63) is 53.6 Å². The van der Waals surface area contributed by atoms with Crippen molar-refractivity contribution in [3.63, 3.8) is 0 Å². The first-order chi connectivity index (χ1) is 10.5. The summed E-state index contributed by atoms with van der Waals surface area (Å²) < 4.78 is 20.5. The second kappa shape index (κ2) is 8.03. The number of likely N-dealkylation sites (N-methyl/N-ethyl adjacent to an activating group) is 1. The van der Waals surface area contributed by atoms with E-state index < -0.39 is 6.10 Å². The predicted molar refractivity (Wildman–Crippen MR) is 81.6 cm³/mol. The number of aromatic nitrogens is 2. The van der Waals surface area contributed by atoms with Crippen molar-refractivity contribution in [2.45, 2.75) is 19.3 Å². The lowest BCUT2D eigenvalue weighted by Crippen LogP contribution is -2.31. The third-order valence-electron chi connectivity index (χ3n) is 3.26. The maximum atomic E-state index is 13.4. The van der Waals surface area contributed by atoms with E-state index in [2.05, 4.69) is 5.10 Å². The SMILES string of the molecule is CN(Cc1cnn(C)c1)CC(O)COCc1ccccc1F. The van der Waals surface area contributed by atoms with E-state index in [1.165, 1.54) is 6.07 Å². The van der Waals surface area contributed by atoms with Crippen molar-refractivity contribution in [2.75, 3.05) is 20.2 Å². The van der Waals surface area contributed by atoms with E-state index in [0.717, 1.165) is 5.56 Å². The highest BCUT2D eigenvalue weighted by molar-refractivity contribution is 5.16. The zero-order chi connectivity index (χ0) is 15.9. The molecule has 0 saturated carbocycles. The van der Waals surface area contributed by atoms with Crippen LogP contribution in [0.25, 0.3) is 0 Å². The lowest BCUT2D eigenvalue weighted by atomic mass is 10.2. The molecule has 0 aliphatic heterocycles. The van der Waals surface area contributed by atoms with Crippen LogP contribution in [0, 0.1) is 5.82 Å². The van der Waals surface area contributed by atoms with Gasteiger partial charge in [0, 0.05) is 37.5 Å². The topological polar surface area (TPSA) is 50.5 Å². The van der Waals surface area contributed by atoms with Crippen molar-refractivity contribution >= 4 is 0 Å². The molecule has 5 nitrogen and oxygen atoms in total. The van der Waals surface area contributed by atoms with Gasteiger partial charge in [-0.3, -0.25) is 9.58 Å². The Balaban J connectivity index is 1.69. The van der Waals surface area contributed by atoms with Crippen LogP contribution < -0.4 is 0 Å². The van der Waals surface area contributed by atoms with Gasteiger partial charge in [0.15, 0.2) is 0 Å². The quantitative estimate of drug-likeness (QED) is 0.804. The lowest BCUT2D eigenvalue weighted by molar-refractivity contribution is 0.0119. The molecule has 1 unspecified atom stereocenters. The van der Waals surface area contributed by atoms with Crippen LogP contribution in [0.2, 0.25) is 0 Å². The summed E-state index contributed by atoms with van der Waals surface area (Å²) in [5.41, 5.74) is 1.59. The maximum Gasteiger partial charge on any atom is 0.128 e. The van der Waals surface area contributed by atoms with Crippen LogP contribution in [0.3, 0.4) is 0 Å². The lowest BCUT2D eigenvalue weighted by Gasteiger charge is -2.20. The molecule has 1 N–H and O–H groups in total. The first-order valence-electron chi connectivity index (χ1n) is 7.20. The van der Waals surface area contributed by atoms with Crippen LogP contribution in [0.4, 0.5) is 4.39 Å². The third-order valence-corrected chi connectivity index (χ3v) is 3.26. The van der Waals surface area contributed by atoms with Crippen molar-refractivity contribution < 1.29 is 14.2 Å². The molecule has 2 aromatic rings. The molecule has 2 rings (SSSR count). The van der Waals surface area contributed by atoms with Gasteiger partial charge in [0.25, 0.3) is 0 Å². The molecule has 6 heteroatoms. The van der Waals surface area contributed by atoms with E-state index in [0.29, 0.717) is 18.7 Å². The van der Waals surface area contributed by atoms with Crippen molar-refractivity contribution in [1.82, 2.24) is 14.7 Å². The van der Waals surface area contributed by atoms with Gasteiger partial charge in [-0.25, -0.2) is 4.39 Å². The van der Waals surface area contributed by atoms with Crippen LogP contribution in [0.1, 0.15) is 11.1 Å². The van der Waals surface area contributed by atoms with Crippen LogP contribution in [0.15, 0.2) is 36.7 Å². The second-order valence-electron chi connectivity index (χ2n) is 5.48. The number of halogens is 1. The Morgan fingerprint density at radius 2 is 2.18 bits per heavy atom. The van der Waals surface area contributed by atoms with Gasteiger partial charge in [-0.15, -0.1) is 0 Å². The minimum absolute atomic E-state index is 0.163. The fraction of sp³-hybridized carbons (Fsp3) is 0.438. The number of hydrogen-bond acceptors (Lipinski definition) is 4. The highest BCUT2D eigenvalue weighted by Gasteiger charge is 2.10. The molecule has 1 heterocycles. The first-order valence-corrected chi connectivity index (χ1v) is 7.20. The molecule has 1 atom stereocenters. The number of nitrogens with zero attached hydrogens (tertiary/aromatic N) is 3. The van der Waals surface area contributed by atoms with Crippen molar-refractivity contribution in [3.8, 4) is 0 Å². The summed E-state index contributed by atoms with van der Waals surface area (Å²) >= 11 is 0. The molecule has 0 radical (unpaired) electrons. The van der Waals surface area contributed by atoms with E-state index >= 15 is 0 Å². The normalized spacial score (nSPS) is 12.8. The monoisotopic (exact) mass is 307 g/mol. The molecule has 0 fully saturated rings. The highest BCUT2D eigenvalue weighted by Crippen LogP contribution is 2.08. The van der Waals surface area contributed by atoms with Gasteiger partial charge in [0.2, 0.25) is 0 Å². The minimum Gasteiger partial charge on any atom is -0.389 e. The molecule has 0 spiro atoms. The zero-order valence-corrected chi connectivity index (χ0v) is 12.9. The number of rotatable bonds is 8. The van der Waals surface area contributed by atoms with Gasteiger partial charge in [-0.1, -0.05) is 18.2 Å². The number of aryl methyl sites for hydroxylation is 1. The van der Waals surface area contributed by atoms with Gasteiger partial charge in [0.05, 0.1) is 25.5 Å². The van der Waals surface area contributed by atoms with E-state index in [4.69, 9.17) is 4.74 Å². The standard InChI is InChI=1S/C16H22FN3O2/c1-19(8-13-7-18-20(2)9-13)10-15(21)12-22-11-14-5-3-4-6-16(14)17/h3-7,9,15,21H,8,10-12H2,1-2H3. The first kappa shape index (κ1) is 16.6. The summed E-state index contributed by atoms with van der Waals surface area (Å²) in [6.45, 7) is 1.52. The van der Waals surface area contributed by atoms with E-state index in [9.17, 15) is 9.50 Å². The molecular weight excluding hydrogens is 285 g/mol. The molecular formula is C16H22FN3O2. The molecule has 0 aliphatic carbocycles. The van der Waals surface area contributed by atoms with Crippen LogP contribution >= 0.6 is 0 Å². The van der Waals surface area contributed by atoms with Crippen LogP contribution in [-0.2, 0) is 24.9 Å². The molecule has 0 saturated heterocycles. The molecule has 0 aliphatic rings. The molecule has 120 valence electrons. The fourth-order valence-electron chi connectivity index (χ4n) is 2.26. The third kappa shape index (κ3) is 5.22. The van der Waals surface area contributed by atoms with E-state index in [1.54, 1.807) is 29.1 Å².